The molecule has 0 saturated heterocycles. The van der Waals surface area contributed by atoms with Gasteiger partial charge >= 0.3 is 0 Å². The second-order valence-electron chi connectivity index (χ2n) is 7.15. The van der Waals surface area contributed by atoms with Crippen LogP contribution in [-0.2, 0) is 11.3 Å². The van der Waals surface area contributed by atoms with E-state index in [0.717, 1.165) is 11.5 Å². The molecular weight excluding hydrogens is 398 g/mol. The number of aryl methyl sites for hydroxylation is 3. The molecule has 160 valence electrons. The standard InChI is InChI=1S/C22H23N5O4/c1-14-18(19-21(31-14)24-13-26(22(19)29)10-4-12-30-3)20(28)25-16-5-7-17(8-6-16)27-11-9-23-15(27)2/h5-9,11,13H,4,10,12H2,1-3H3,(H,25,28). The van der Waals surface area contributed by atoms with Gasteiger partial charge in [0.15, 0.2) is 0 Å². The topological polar surface area (TPSA) is 104 Å². The van der Waals surface area contributed by atoms with Crippen molar-refractivity contribution in [1.29, 1.82) is 0 Å². The number of benzene rings is 1. The highest BCUT2D eigenvalue weighted by Gasteiger charge is 2.23. The van der Waals surface area contributed by atoms with E-state index in [-0.39, 0.29) is 22.2 Å². The quantitative estimate of drug-likeness (QED) is 0.460. The number of amides is 1. The van der Waals surface area contributed by atoms with E-state index in [9.17, 15) is 9.59 Å². The Balaban J connectivity index is 1.61. The number of fused-ring (bicyclic) bond motifs is 1. The minimum atomic E-state index is -0.420. The molecule has 0 aliphatic heterocycles. The number of rotatable bonds is 7. The fraction of sp³-hybridized carbons (Fsp3) is 0.273. The molecule has 1 amide bonds. The first kappa shape index (κ1) is 20.5. The summed E-state index contributed by atoms with van der Waals surface area (Å²) in [6.45, 7) is 4.53. The highest BCUT2D eigenvalue weighted by atomic mass is 16.5. The van der Waals surface area contributed by atoms with Crippen LogP contribution in [0.25, 0.3) is 16.8 Å². The highest BCUT2D eigenvalue weighted by Crippen LogP contribution is 2.23. The molecule has 0 radical (unpaired) electrons. The predicted molar refractivity (Wildman–Crippen MR) is 116 cm³/mol. The summed E-state index contributed by atoms with van der Waals surface area (Å²) < 4.78 is 14.0. The average molecular weight is 421 g/mol. The molecule has 3 aromatic heterocycles. The number of carbonyl (C=O) groups is 1. The lowest BCUT2D eigenvalue weighted by Gasteiger charge is -2.08. The van der Waals surface area contributed by atoms with Crippen molar-refractivity contribution in [2.75, 3.05) is 19.0 Å². The van der Waals surface area contributed by atoms with Gasteiger partial charge < -0.3 is 19.0 Å². The number of ether oxygens (including phenoxy) is 1. The fourth-order valence-corrected chi connectivity index (χ4v) is 3.50. The lowest BCUT2D eigenvalue weighted by atomic mass is 10.1. The number of imidazole rings is 1. The van der Waals surface area contributed by atoms with E-state index >= 15 is 0 Å². The molecule has 9 nitrogen and oxygen atoms in total. The zero-order chi connectivity index (χ0) is 22.0. The van der Waals surface area contributed by atoms with E-state index in [0.29, 0.717) is 31.0 Å². The van der Waals surface area contributed by atoms with Crippen LogP contribution in [0.5, 0.6) is 0 Å². The molecule has 0 aliphatic rings. The molecular formula is C22H23N5O4. The summed E-state index contributed by atoms with van der Waals surface area (Å²) in [6.07, 6.45) is 5.69. The Morgan fingerprint density at radius 1 is 1.19 bits per heavy atom. The van der Waals surface area contributed by atoms with Crippen molar-refractivity contribution >= 4 is 22.7 Å². The third-order valence-corrected chi connectivity index (χ3v) is 5.06. The van der Waals surface area contributed by atoms with Gasteiger partial charge in [-0.1, -0.05) is 0 Å². The van der Waals surface area contributed by atoms with E-state index in [1.165, 1.54) is 10.9 Å². The molecule has 0 unspecified atom stereocenters. The number of hydrogen-bond acceptors (Lipinski definition) is 6. The van der Waals surface area contributed by atoms with Crippen molar-refractivity contribution in [2.24, 2.45) is 0 Å². The Morgan fingerprint density at radius 2 is 1.97 bits per heavy atom. The third-order valence-electron chi connectivity index (χ3n) is 5.06. The third kappa shape index (κ3) is 3.99. The van der Waals surface area contributed by atoms with Crippen LogP contribution < -0.4 is 10.9 Å². The van der Waals surface area contributed by atoms with Gasteiger partial charge in [-0.3, -0.25) is 14.2 Å². The fourth-order valence-electron chi connectivity index (χ4n) is 3.50. The van der Waals surface area contributed by atoms with Crippen LogP contribution >= 0.6 is 0 Å². The van der Waals surface area contributed by atoms with E-state index in [1.807, 2.05) is 29.8 Å². The van der Waals surface area contributed by atoms with Crippen molar-refractivity contribution in [3.05, 3.63) is 70.5 Å². The summed E-state index contributed by atoms with van der Waals surface area (Å²) in [5, 5.41) is 3.02. The maximum absolute atomic E-state index is 13.0. The maximum atomic E-state index is 13.0. The van der Waals surface area contributed by atoms with Crippen molar-refractivity contribution in [2.45, 2.75) is 26.8 Å². The second kappa shape index (κ2) is 8.57. The van der Waals surface area contributed by atoms with Crippen LogP contribution in [0.4, 0.5) is 5.69 Å². The summed E-state index contributed by atoms with van der Waals surface area (Å²) in [5.41, 5.74) is 1.57. The van der Waals surface area contributed by atoms with Crippen molar-refractivity contribution in [1.82, 2.24) is 19.1 Å². The summed E-state index contributed by atoms with van der Waals surface area (Å²) in [6, 6.07) is 7.36. The Labute approximate surface area is 178 Å². The second-order valence-corrected chi connectivity index (χ2v) is 7.15. The number of hydrogen-bond donors (Lipinski definition) is 1. The molecule has 4 rings (SSSR count). The molecule has 0 bridgehead atoms. The molecule has 3 heterocycles. The molecule has 0 saturated carbocycles. The smallest absolute Gasteiger partial charge is 0.265 e. The first-order chi connectivity index (χ1) is 15.0. The van der Waals surface area contributed by atoms with Crippen molar-refractivity contribution in [3.8, 4) is 5.69 Å². The van der Waals surface area contributed by atoms with E-state index in [1.54, 1.807) is 32.4 Å². The predicted octanol–water partition coefficient (Wildman–Crippen LogP) is 3.08. The van der Waals surface area contributed by atoms with Gasteiger partial charge in [0.05, 0.1) is 5.56 Å². The monoisotopic (exact) mass is 421 g/mol. The van der Waals surface area contributed by atoms with E-state index in [4.69, 9.17) is 9.15 Å². The zero-order valence-corrected chi connectivity index (χ0v) is 17.6. The summed E-state index contributed by atoms with van der Waals surface area (Å²) in [5.74, 6) is 0.792. The maximum Gasteiger partial charge on any atom is 0.265 e. The van der Waals surface area contributed by atoms with Crippen LogP contribution in [0.2, 0.25) is 0 Å². The number of carbonyl (C=O) groups excluding carboxylic acids is 1. The first-order valence-electron chi connectivity index (χ1n) is 9.89. The van der Waals surface area contributed by atoms with Crippen LogP contribution in [-0.4, -0.2) is 38.7 Å². The van der Waals surface area contributed by atoms with Crippen LogP contribution in [0.3, 0.4) is 0 Å². The Kier molecular flexibility index (Phi) is 5.68. The number of furan rings is 1. The normalized spacial score (nSPS) is 11.2. The molecule has 0 atom stereocenters. The zero-order valence-electron chi connectivity index (χ0n) is 17.6. The van der Waals surface area contributed by atoms with Gasteiger partial charge in [-0.25, -0.2) is 9.97 Å². The first-order valence-corrected chi connectivity index (χ1v) is 9.89. The molecule has 9 heteroatoms. The van der Waals surface area contributed by atoms with E-state index < -0.39 is 5.91 Å². The molecule has 0 spiro atoms. The highest BCUT2D eigenvalue weighted by molar-refractivity contribution is 6.12. The molecule has 31 heavy (non-hydrogen) atoms. The number of aromatic nitrogens is 4. The number of anilines is 1. The lowest BCUT2D eigenvalue weighted by Crippen LogP contribution is -2.23. The van der Waals surface area contributed by atoms with Gasteiger partial charge in [-0.2, -0.15) is 0 Å². The molecule has 1 N–H and O–H groups in total. The summed E-state index contributed by atoms with van der Waals surface area (Å²) in [4.78, 5) is 34.4. The molecule has 4 aromatic rings. The SMILES string of the molecule is COCCCn1cnc2oc(C)c(C(=O)Nc3ccc(-n4ccnc4C)cc3)c2c1=O. The van der Waals surface area contributed by atoms with Gasteiger partial charge in [0.2, 0.25) is 5.71 Å². The largest absolute Gasteiger partial charge is 0.442 e. The van der Waals surface area contributed by atoms with Crippen LogP contribution in [0, 0.1) is 13.8 Å². The minimum absolute atomic E-state index is 0.154. The number of methoxy groups -OCH3 is 1. The molecule has 0 fully saturated rings. The molecule has 1 aromatic carbocycles. The van der Waals surface area contributed by atoms with Crippen molar-refractivity contribution < 1.29 is 13.9 Å². The number of nitrogens with zero attached hydrogens (tertiary/aromatic N) is 4. The van der Waals surface area contributed by atoms with Gasteiger partial charge in [-0.15, -0.1) is 0 Å². The number of nitrogens with one attached hydrogen (secondary N) is 1. The lowest BCUT2D eigenvalue weighted by molar-refractivity contribution is 0.102. The Bertz CT molecular complexity index is 1280. The minimum Gasteiger partial charge on any atom is -0.442 e. The summed E-state index contributed by atoms with van der Waals surface area (Å²) in [7, 11) is 1.61. The Hall–Kier alpha value is -3.72. The van der Waals surface area contributed by atoms with Gasteiger partial charge in [0, 0.05) is 44.0 Å². The van der Waals surface area contributed by atoms with Crippen LogP contribution in [0.15, 0.2) is 52.2 Å². The Morgan fingerprint density at radius 3 is 2.65 bits per heavy atom. The van der Waals surface area contributed by atoms with Gasteiger partial charge in [-0.05, 0) is 44.5 Å². The molecule has 0 aliphatic carbocycles. The van der Waals surface area contributed by atoms with Gasteiger partial charge in [0.1, 0.15) is 23.3 Å². The van der Waals surface area contributed by atoms with E-state index in [2.05, 4.69) is 15.3 Å². The average Bonchev–Trinajstić information content (AvgIpc) is 3.33. The van der Waals surface area contributed by atoms with Crippen LogP contribution in [0.1, 0.15) is 28.4 Å². The van der Waals surface area contributed by atoms with Gasteiger partial charge in [0.25, 0.3) is 11.5 Å². The summed E-state index contributed by atoms with van der Waals surface area (Å²) >= 11 is 0. The van der Waals surface area contributed by atoms with Crippen molar-refractivity contribution in [3.63, 3.8) is 0 Å².